The van der Waals surface area contributed by atoms with Gasteiger partial charge in [-0.15, -0.1) is 0 Å². The summed E-state index contributed by atoms with van der Waals surface area (Å²) in [5.74, 6) is 0. The van der Waals surface area contributed by atoms with Gasteiger partial charge in [0.1, 0.15) is 5.65 Å². The fourth-order valence-corrected chi connectivity index (χ4v) is 8.79. The van der Waals surface area contributed by atoms with Gasteiger partial charge in [0.25, 0.3) is 0 Å². The van der Waals surface area contributed by atoms with Gasteiger partial charge >= 0.3 is 0 Å². The molecule has 0 saturated carbocycles. The van der Waals surface area contributed by atoms with Gasteiger partial charge < -0.3 is 0 Å². The van der Waals surface area contributed by atoms with Crippen LogP contribution in [0.1, 0.15) is 63.8 Å². The van der Waals surface area contributed by atoms with E-state index in [0.717, 1.165) is 12.8 Å². The summed E-state index contributed by atoms with van der Waals surface area (Å²) in [4.78, 5) is 0. The Morgan fingerprint density at radius 3 is 1.78 bits per heavy atom. The van der Waals surface area contributed by atoms with Crippen LogP contribution in [0.4, 0.5) is 0 Å². The van der Waals surface area contributed by atoms with E-state index in [0.29, 0.717) is 0 Å². The van der Waals surface area contributed by atoms with Gasteiger partial charge in [-0.3, -0.25) is 8.97 Å². The van der Waals surface area contributed by atoms with Gasteiger partial charge in [-0.25, -0.2) is 0 Å². The van der Waals surface area contributed by atoms with E-state index in [1.807, 2.05) is 0 Å². The summed E-state index contributed by atoms with van der Waals surface area (Å²) in [7, 11) is 0. The normalized spacial score (nSPS) is 13.7. The minimum Gasteiger partial charge on any atom is -0.296 e. The molecule has 3 heterocycles. The van der Waals surface area contributed by atoms with Crippen molar-refractivity contribution < 1.29 is 0 Å². The molecule has 3 heteroatoms. The third-order valence-corrected chi connectivity index (χ3v) is 10.6. The number of aromatic nitrogens is 2. The molecule has 0 atom stereocenters. The Morgan fingerprint density at radius 2 is 1.14 bits per heavy atom. The van der Waals surface area contributed by atoms with Crippen molar-refractivity contribution in [1.82, 2.24) is 8.97 Å². The Morgan fingerprint density at radius 1 is 0.529 bits per heavy atom. The Kier molecular flexibility index (Phi) is 7.23. The van der Waals surface area contributed by atoms with Crippen LogP contribution in [-0.2, 0) is 12.8 Å². The lowest BCUT2D eigenvalue weighted by Crippen LogP contribution is -2.47. The zero-order chi connectivity index (χ0) is 35.1. The van der Waals surface area contributed by atoms with E-state index in [-0.39, 0.29) is 17.5 Å². The Bertz CT molecular complexity index is 2630. The number of benzene rings is 6. The molecule has 0 aliphatic carbocycles. The summed E-state index contributed by atoms with van der Waals surface area (Å²) in [6.07, 6.45) is 2.08. The Labute approximate surface area is 302 Å². The van der Waals surface area contributed by atoms with E-state index < -0.39 is 0 Å². The van der Waals surface area contributed by atoms with Gasteiger partial charge in [-0.2, -0.15) is 0 Å². The summed E-state index contributed by atoms with van der Waals surface area (Å²) >= 11 is 0. The molecule has 0 amide bonds. The molecule has 51 heavy (non-hydrogen) atoms. The second kappa shape index (κ2) is 11.6. The maximum Gasteiger partial charge on any atom is 0.247 e. The van der Waals surface area contributed by atoms with Crippen molar-refractivity contribution in [3.63, 3.8) is 0 Å². The summed E-state index contributed by atoms with van der Waals surface area (Å²) in [5.41, 5.74) is 16.0. The lowest BCUT2D eigenvalue weighted by molar-refractivity contribution is 0.392. The second-order valence-corrected chi connectivity index (χ2v) is 17.0. The van der Waals surface area contributed by atoms with Crippen LogP contribution in [0.5, 0.6) is 0 Å². The fraction of sp³-hybridized carbons (Fsp3) is 0.208. The smallest absolute Gasteiger partial charge is 0.247 e. The monoisotopic (exact) mass is 660 g/mol. The molecule has 9 rings (SSSR count). The maximum atomic E-state index is 2.62. The van der Waals surface area contributed by atoms with E-state index >= 15 is 0 Å². The lowest BCUT2D eigenvalue weighted by atomic mass is 9.33. The first-order valence-corrected chi connectivity index (χ1v) is 18.5. The molecule has 0 radical (unpaired) electrons. The van der Waals surface area contributed by atoms with Crippen LogP contribution in [0, 0.1) is 10.8 Å². The molecule has 0 N–H and O–H groups in total. The minimum atomic E-state index is 0.0558. The molecule has 8 aromatic rings. The van der Waals surface area contributed by atoms with Crippen LogP contribution >= 0.6 is 0 Å². The number of nitrogens with zero attached hydrogens (tertiary/aromatic N) is 2. The average molecular weight is 661 g/mol. The topological polar surface area (TPSA) is 9.34 Å². The first-order valence-electron chi connectivity index (χ1n) is 18.5. The summed E-state index contributed by atoms with van der Waals surface area (Å²) in [5, 5.41) is 3.88. The van der Waals surface area contributed by atoms with Crippen molar-refractivity contribution in [3.8, 4) is 0 Å². The summed E-state index contributed by atoms with van der Waals surface area (Å²) in [6, 6.07) is 52.4. The largest absolute Gasteiger partial charge is 0.296 e. The van der Waals surface area contributed by atoms with Crippen LogP contribution < -0.4 is 10.9 Å². The molecule has 6 aromatic carbocycles. The van der Waals surface area contributed by atoms with Gasteiger partial charge in [-0.05, 0) is 86.5 Å². The second-order valence-electron chi connectivity index (χ2n) is 17.0. The lowest BCUT2D eigenvalue weighted by Gasteiger charge is -2.33. The summed E-state index contributed by atoms with van der Waals surface area (Å²) in [6.45, 7) is 14.2. The number of hydrogen-bond acceptors (Lipinski definition) is 0. The highest BCUT2D eigenvalue weighted by molar-refractivity contribution is 7.02. The molecule has 1 aliphatic rings. The third-order valence-electron chi connectivity index (χ3n) is 10.6. The first kappa shape index (κ1) is 31.7. The molecule has 0 spiro atoms. The zero-order valence-corrected chi connectivity index (χ0v) is 30.7. The Hall–Kier alpha value is -5.28. The number of rotatable bonds is 5. The van der Waals surface area contributed by atoms with Crippen LogP contribution in [-0.4, -0.2) is 15.7 Å². The van der Waals surface area contributed by atoms with Crippen LogP contribution in [0.2, 0.25) is 0 Å². The van der Waals surface area contributed by atoms with Crippen LogP contribution in [0.25, 0.3) is 49.5 Å². The van der Waals surface area contributed by atoms with Crippen molar-refractivity contribution in [2.24, 2.45) is 10.8 Å². The fourth-order valence-electron chi connectivity index (χ4n) is 8.79. The predicted octanol–water partition coefficient (Wildman–Crippen LogP) is 11.0. The number of hydrogen-bond donors (Lipinski definition) is 0. The molecule has 2 aromatic heterocycles. The van der Waals surface area contributed by atoms with Gasteiger partial charge in [0, 0.05) is 10.8 Å². The molecule has 1 aliphatic heterocycles. The zero-order valence-electron chi connectivity index (χ0n) is 30.7. The van der Waals surface area contributed by atoms with E-state index in [1.165, 1.54) is 82.7 Å². The van der Waals surface area contributed by atoms with Gasteiger partial charge in [0.05, 0.1) is 22.2 Å². The van der Waals surface area contributed by atoms with Crippen molar-refractivity contribution in [2.75, 3.05) is 0 Å². The van der Waals surface area contributed by atoms with Crippen molar-refractivity contribution in [2.45, 2.75) is 54.4 Å². The highest BCUT2D eigenvalue weighted by Crippen LogP contribution is 2.42. The standard InChI is InChI=1S/C48H45BN2/c1-47(2,3)30-36-27-35-29-42-50(41(35)28-37(36)31-48(4,5)6)40-24-16-21-32-25-26-39-46(43(32)40)51(42)45(34-19-12-8-13-20-34)44(33-17-10-7-11-18-33)49(39)38-22-14-9-15-23-38/h7-29H,30-31H2,1-6H3. The molecule has 0 unspecified atom stereocenters. The van der Waals surface area contributed by atoms with E-state index in [2.05, 4.69) is 190 Å². The SMILES string of the molecule is CC(C)(C)Cc1cc2cc3n4c5c(ccc6cccc(c65)n3c2cc1CC(C)(C)C)B(c1ccccc1)C(c1ccccc1)=C4c1ccccc1. The molecule has 250 valence electrons. The predicted molar refractivity (Wildman–Crippen MR) is 221 cm³/mol. The highest BCUT2D eigenvalue weighted by atomic mass is 15.1. The van der Waals surface area contributed by atoms with E-state index in [4.69, 9.17) is 0 Å². The third kappa shape index (κ3) is 5.33. The maximum absolute atomic E-state index is 2.62. The van der Waals surface area contributed by atoms with Crippen molar-refractivity contribution in [3.05, 3.63) is 162 Å². The van der Waals surface area contributed by atoms with Gasteiger partial charge in [-0.1, -0.05) is 162 Å². The quantitative estimate of drug-likeness (QED) is 0.163. The molecular formula is C48H45BN2. The van der Waals surface area contributed by atoms with E-state index in [9.17, 15) is 0 Å². The minimum absolute atomic E-state index is 0.0558. The first-order chi connectivity index (χ1) is 24.6. The van der Waals surface area contributed by atoms with Gasteiger partial charge in [0.2, 0.25) is 6.71 Å². The van der Waals surface area contributed by atoms with Gasteiger partial charge in [0.15, 0.2) is 0 Å². The number of fused-ring (bicyclic) bond motifs is 5. The molecule has 0 fully saturated rings. The molecule has 0 bridgehead atoms. The molecular weight excluding hydrogens is 615 g/mol. The molecule has 2 nitrogen and oxygen atoms in total. The average Bonchev–Trinajstić information content (AvgIpc) is 3.48. The highest BCUT2D eigenvalue weighted by Gasteiger charge is 2.37. The Balaban J connectivity index is 1.51. The van der Waals surface area contributed by atoms with Crippen LogP contribution in [0.15, 0.2) is 140 Å². The van der Waals surface area contributed by atoms with Crippen LogP contribution in [0.3, 0.4) is 0 Å². The molecule has 0 saturated heterocycles. The summed E-state index contributed by atoms with van der Waals surface area (Å²) < 4.78 is 5.19. The van der Waals surface area contributed by atoms with E-state index in [1.54, 1.807) is 0 Å². The van der Waals surface area contributed by atoms with Crippen molar-refractivity contribution >= 4 is 67.2 Å². The van der Waals surface area contributed by atoms with Crippen molar-refractivity contribution in [1.29, 1.82) is 0 Å².